The average molecular weight is 346 g/mol. The molecule has 0 aromatic heterocycles. The highest BCUT2D eigenvalue weighted by molar-refractivity contribution is 6.32. The lowest BCUT2D eigenvalue weighted by atomic mass is 10.1. The van der Waals surface area contributed by atoms with E-state index in [1.54, 1.807) is 0 Å². The number of nitrogens with one attached hydrogen (secondary N) is 1. The van der Waals surface area contributed by atoms with Crippen molar-refractivity contribution >= 4 is 24.0 Å². The summed E-state index contributed by atoms with van der Waals surface area (Å²) in [7, 11) is 1.82. The van der Waals surface area contributed by atoms with Gasteiger partial charge in [0.05, 0.1) is 16.7 Å². The molecule has 1 N–H and O–H groups in total. The van der Waals surface area contributed by atoms with Crippen LogP contribution in [0.5, 0.6) is 5.75 Å². The van der Waals surface area contributed by atoms with Gasteiger partial charge in [0.1, 0.15) is 5.75 Å². The molecule has 21 heavy (non-hydrogen) atoms. The fourth-order valence-electron chi connectivity index (χ4n) is 1.89. The van der Waals surface area contributed by atoms with E-state index in [1.807, 2.05) is 14.0 Å². The Bertz CT molecular complexity index is 427. The van der Waals surface area contributed by atoms with Crippen molar-refractivity contribution in [1.29, 1.82) is 0 Å². The van der Waals surface area contributed by atoms with Crippen LogP contribution >= 0.6 is 24.0 Å². The minimum absolute atomic E-state index is 0. The van der Waals surface area contributed by atoms with Gasteiger partial charge in [-0.25, -0.2) is 0 Å². The predicted octanol–water partition coefficient (Wildman–Crippen LogP) is 4.94. The van der Waals surface area contributed by atoms with Crippen LogP contribution in [-0.2, 0) is 6.18 Å². The first-order chi connectivity index (χ1) is 9.40. The topological polar surface area (TPSA) is 21.3 Å². The van der Waals surface area contributed by atoms with Crippen LogP contribution in [0, 0.1) is 0 Å². The zero-order chi connectivity index (χ0) is 15.2. The Labute approximate surface area is 134 Å². The molecule has 0 bridgehead atoms. The summed E-state index contributed by atoms with van der Waals surface area (Å²) in [6, 6.07) is 3.74. The minimum Gasteiger partial charge on any atom is -0.489 e. The van der Waals surface area contributed by atoms with Crippen LogP contribution in [0.1, 0.15) is 31.7 Å². The first-order valence-electron chi connectivity index (χ1n) is 6.57. The molecule has 2 nitrogen and oxygen atoms in total. The maximum Gasteiger partial charge on any atom is 0.417 e. The summed E-state index contributed by atoms with van der Waals surface area (Å²) in [6.07, 6.45) is -2.23. The van der Waals surface area contributed by atoms with Crippen molar-refractivity contribution in [1.82, 2.24) is 5.32 Å². The van der Waals surface area contributed by atoms with Crippen LogP contribution < -0.4 is 10.1 Å². The Morgan fingerprint density at radius 1 is 1.29 bits per heavy atom. The molecule has 0 aliphatic heterocycles. The lowest BCUT2D eigenvalue weighted by molar-refractivity contribution is -0.137. The lowest BCUT2D eigenvalue weighted by Crippen LogP contribution is -2.22. The van der Waals surface area contributed by atoms with Crippen molar-refractivity contribution in [2.75, 3.05) is 13.6 Å². The summed E-state index contributed by atoms with van der Waals surface area (Å²) in [5, 5.41) is 2.63. The summed E-state index contributed by atoms with van der Waals surface area (Å²) in [4.78, 5) is 0. The number of benzene rings is 1. The number of alkyl halides is 3. The van der Waals surface area contributed by atoms with Crippen LogP contribution in [0.3, 0.4) is 0 Å². The lowest BCUT2D eigenvalue weighted by Gasteiger charge is -2.20. The third-order valence-electron chi connectivity index (χ3n) is 2.89. The minimum atomic E-state index is -4.47. The highest BCUT2D eigenvalue weighted by atomic mass is 35.5. The van der Waals surface area contributed by atoms with Gasteiger partial charge in [0.25, 0.3) is 0 Å². The number of halogens is 5. The molecule has 0 heterocycles. The number of ether oxygens (including phenoxy) is 1. The highest BCUT2D eigenvalue weighted by Gasteiger charge is 2.34. The molecule has 0 unspecified atom stereocenters. The predicted molar refractivity (Wildman–Crippen MR) is 81.6 cm³/mol. The van der Waals surface area contributed by atoms with Crippen molar-refractivity contribution in [3.8, 4) is 5.75 Å². The van der Waals surface area contributed by atoms with Crippen LogP contribution in [-0.4, -0.2) is 19.7 Å². The van der Waals surface area contributed by atoms with E-state index in [0.717, 1.165) is 31.9 Å². The third-order valence-corrected chi connectivity index (χ3v) is 3.28. The Hall–Kier alpha value is -0.650. The molecule has 0 aliphatic rings. The fourth-order valence-corrected chi connectivity index (χ4v) is 2.17. The van der Waals surface area contributed by atoms with Gasteiger partial charge >= 0.3 is 6.18 Å². The van der Waals surface area contributed by atoms with Gasteiger partial charge in [0.2, 0.25) is 0 Å². The van der Waals surface area contributed by atoms with Crippen LogP contribution in [0.2, 0.25) is 5.02 Å². The van der Waals surface area contributed by atoms with Crippen molar-refractivity contribution in [2.24, 2.45) is 0 Å². The van der Waals surface area contributed by atoms with Crippen molar-refractivity contribution in [2.45, 2.75) is 38.5 Å². The van der Waals surface area contributed by atoms with Crippen molar-refractivity contribution < 1.29 is 17.9 Å². The second-order valence-electron chi connectivity index (χ2n) is 4.54. The molecule has 1 aromatic carbocycles. The van der Waals surface area contributed by atoms with E-state index >= 15 is 0 Å². The summed E-state index contributed by atoms with van der Waals surface area (Å²) in [5.74, 6) is 0.0936. The monoisotopic (exact) mass is 345 g/mol. The molecule has 0 radical (unpaired) electrons. The first-order valence-corrected chi connectivity index (χ1v) is 6.94. The molecule has 0 aliphatic carbocycles. The largest absolute Gasteiger partial charge is 0.489 e. The Morgan fingerprint density at radius 2 is 1.95 bits per heavy atom. The fraction of sp³-hybridized carbons (Fsp3) is 0.571. The Morgan fingerprint density at radius 3 is 2.48 bits per heavy atom. The molecule has 0 fully saturated rings. The Balaban J connectivity index is 0.00000400. The van der Waals surface area contributed by atoms with Gasteiger partial charge in [-0.3, -0.25) is 0 Å². The van der Waals surface area contributed by atoms with E-state index in [9.17, 15) is 13.2 Å². The standard InChI is InChI=1S/C14H19ClF3NO.ClH/c1-3-5-10(8-9-19-2)20-12-7-4-6-11(13(12)15)14(16,17)18;/h4,6-7,10,19H,3,5,8-9H2,1-2H3;1H/t10-;/m1./s1. The van der Waals surface area contributed by atoms with Crippen LogP contribution in [0.15, 0.2) is 18.2 Å². The van der Waals surface area contributed by atoms with Crippen molar-refractivity contribution in [3.05, 3.63) is 28.8 Å². The summed E-state index contributed by atoms with van der Waals surface area (Å²) >= 11 is 5.81. The zero-order valence-corrected chi connectivity index (χ0v) is 13.5. The number of rotatable bonds is 7. The second-order valence-corrected chi connectivity index (χ2v) is 4.91. The van der Waals surface area contributed by atoms with Gasteiger partial charge in [0, 0.05) is 0 Å². The van der Waals surface area contributed by atoms with Crippen LogP contribution in [0.4, 0.5) is 13.2 Å². The molecule has 1 aromatic rings. The molecule has 7 heteroatoms. The Kier molecular flexibility index (Phi) is 9.09. The quantitative estimate of drug-likeness (QED) is 0.755. The SMILES string of the molecule is CCC[C@H](CCNC)Oc1cccc(C(F)(F)F)c1Cl.Cl. The van der Waals surface area contributed by atoms with Gasteiger partial charge in [0.15, 0.2) is 0 Å². The first kappa shape index (κ1) is 20.3. The van der Waals surface area contributed by atoms with Gasteiger partial charge in [-0.15, -0.1) is 12.4 Å². The molecule has 0 saturated heterocycles. The van der Waals surface area contributed by atoms with Gasteiger partial charge in [-0.1, -0.05) is 31.0 Å². The van der Waals surface area contributed by atoms with E-state index in [0.29, 0.717) is 0 Å². The molecular weight excluding hydrogens is 326 g/mol. The summed E-state index contributed by atoms with van der Waals surface area (Å²) in [5.41, 5.74) is -0.861. The summed E-state index contributed by atoms with van der Waals surface area (Å²) in [6.45, 7) is 2.74. The van der Waals surface area contributed by atoms with E-state index < -0.39 is 11.7 Å². The zero-order valence-electron chi connectivity index (χ0n) is 12.0. The van der Waals surface area contributed by atoms with Crippen molar-refractivity contribution in [3.63, 3.8) is 0 Å². The molecule has 122 valence electrons. The van der Waals surface area contributed by atoms with Gasteiger partial charge < -0.3 is 10.1 Å². The molecule has 0 amide bonds. The third kappa shape index (κ3) is 6.32. The van der Waals surface area contributed by atoms with E-state index in [4.69, 9.17) is 16.3 Å². The van der Waals surface area contributed by atoms with Gasteiger partial charge in [-0.05, 0) is 38.6 Å². The summed E-state index contributed by atoms with van der Waals surface area (Å²) < 4.78 is 44.0. The normalized spacial score (nSPS) is 12.7. The van der Waals surface area contributed by atoms with E-state index in [1.165, 1.54) is 12.1 Å². The average Bonchev–Trinajstić information content (AvgIpc) is 2.37. The maximum absolute atomic E-state index is 12.8. The molecule has 1 rings (SSSR count). The van der Waals surface area contributed by atoms with Gasteiger partial charge in [-0.2, -0.15) is 13.2 Å². The number of hydrogen-bond acceptors (Lipinski definition) is 2. The number of hydrogen-bond donors (Lipinski definition) is 1. The molecule has 0 spiro atoms. The van der Waals surface area contributed by atoms with E-state index in [-0.39, 0.29) is 29.3 Å². The molecule has 1 atom stereocenters. The van der Waals surface area contributed by atoms with Crippen LogP contribution in [0.25, 0.3) is 0 Å². The highest BCUT2D eigenvalue weighted by Crippen LogP contribution is 2.39. The maximum atomic E-state index is 12.8. The smallest absolute Gasteiger partial charge is 0.417 e. The molecular formula is C14H20Cl2F3NO. The second kappa shape index (κ2) is 9.38. The van der Waals surface area contributed by atoms with E-state index in [2.05, 4.69) is 5.32 Å². The molecule has 0 saturated carbocycles.